The molecule has 3 rings (SSSR count). The number of hydrogen-bond donors (Lipinski definition) is 0. The van der Waals surface area contributed by atoms with E-state index in [1.807, 2.05) is 49.1 Å². The summed E-state index contributed by atoms with van der Waals surface area (Å²) in [7, 11) is 1.60. The van der Waals surface area contributed by atoms with E-state index in [1.165, 1.54) is 0 Å². The van der Waals surface area contributed by atoms with Gasteiger partial charge in [-0.05, 0) is 65.8 Å². The Morgan fingerprint density at radius 1 is 0.926 bits per heavy atom. The van der Waals surface area contributed by atoms with Crippen LogP contribution in [0.5, 0.6) is 5.75 Å². The van der Waals surface area contributed by atoms with Crippen LogP contribution in [-0.4, -0.2) is 54.9 Å². The Balaban J connectivity index is 1.67. The first kappa shape index (κ1) is 19.7. The number of carbonyl (C=O) groups excluding carboxylic acids is 2. The van der Waals surface area contributed by atoms with Gasteiger partial charge in [-0.1, -0.05) is 18.2 Å². The van der Waals surface area contributed by atoms with Crippen molar-refractivity contribution in [2.75, 3.05) is 33.3 Å². The third-order valence-electron chi connectivity index (χ3n) is 4.93. The first-order chi connectivity index (χ1) is 12.9. The number of piperazine rings is 1. The lowest BCUT2D eigenvalue weighted by Gasteiger charge is -2.35. The fourth-order valence-electron chi connectivity index (χ4n) is 3.23. The van der Waals surface area contributed by atoms with Crippen molar-refractivity contribution < 1.29 is 14.3 Å². The summed E-state index contributed by atoms with van der Waals surface area (Å²) in [5.74, 6) is 0.724. The number of aryl methyl sites for hydroxylation is 2. The van der Waals surface area contributed by atoms with Crippen LogP contribution in [0.1, 0.15) is 31.8 Å². The predicted molar refractivity (Wildman–Crippen MR) is 113 cm³/mol. The molecule has 0 aliphatic carbocycles. The molecule has 1 fully saturated rings. The summed E-state index contributed by atoms with van der Waals surface area (Å²) in [5, 5.41) is 0. The minimum atomic E-state index is -0.0227. The molecule has 27 heavy (non-hydrogen) atoms. The monoisotopic (exact) mass is 478 g/mol. The zero-order chi connectivity index (χ0) is 19.6. The minimum absolute atomic E-state index is 0.0227. The molecule has 2 aromatic rings. The Labute approximate surface area is 173 Å². The molecule has 5 nitrogen and oxygen atoms in total. The van der Waals surface area contributed by atoms with E-state index < -0.39 is 0 Å². The maximum absolute atomic E-state index is 12.8. The number of rotatable bonds is 3. The van der Waals surface area contributed by atoms with E-state index in [9.17, 15) is 9.59 Å². The Morgan fingerprint density at radius 2 is 1.56 bits per heavy atom. The Kier molecular flexibility index (Phi) is 6.04. The summed E-state index contributed by atoms with van der Waals surface area (Å²) < 4.78 is 6.31. The highest BCUT2D eigenvalue weighted by Crippen LogP contribution is 2.22. The summed E-state index contributed by atoms with van der Waals surface area (Å²) in [6, 6.07) is 11.3. The van der Waals surface area contributed by atoms with Gasteiger partial charge in [0.1, 0.15) is 5.75 Å². The number of halogens is 1. The number of benzene rings is 2. The van der Waals surface area contributed by atoms with Gasteiger partial charge in [-0.3, -0.25) is 9.59 Å². The maximum Gasteiger partial charge on any atom is 0.255 e. The lowest BCUT2D eigenvalue weighted by molar-refractivity contribution is 0.0534. The third kappa shape index (κ3) is 4.10. The van der Waals surface area contributed by atoms with Crippen molar-refractivity contribution in [3.05, 3.63) is 62.2 Å². The number of carbonyl (C=O) groups is 2. The summed E-state index contributed by atoms with van der Waals surface area (Å²) >= 11 is 2.22. The zero-order valence-corrected chi connectivity index (χ0v) is 17.9. The highest BCUT2D eigenvalue weighted by molar-refractivity contribution is 14.1. The van der Waals surface area contributed by atoms with Crippen LogP contribution in [0.4, 0.5) is 0 Å². The molecule has 0 unspecified atom stereocenters. The lowest BCUT2D eigenvalue weighted by Crippen LogP contribution is -2.50. The van der Waals surface area contributed by atoms with E-state index >= 15 is 0 Å². The average molecular weight is 478 g/mol. The molecule has 1 saturated heterocycles. The lowest BCUT2D eigenvalue weighted by atomic mass is 10.1. The highest BCUT2D eigenvalue weighted by Gasteiger charge is 2.26. The van der Waals surface area contributed by atoms with Crippen LogP contribution < -0.4 is 4.74 Å². The first-order valence-electron chi connectivity index (χ1n) is 8.90. The molecular formula is C21H23IN2O3. The third-order valence-corrected chi connectivity index (χ3v) is 6.36. The predicted octanol–water partition coefficient (Wildman–Crippen LogP) is 3.51. The molecule has 142 valence electrons. The summed E-state index contributed by atoms with van der Waals surface area (Å²) in [6.45, 7) is 6.09. The molecule has 1 aliphatic heterocycles. The fourth-order valence-corrected chi connectivity index (χ4v) is 3.82. The van der Waals surface area contributed by atoms with Crippen LogP contribution in [0.25, 0.3) is 0 Å². The first-order valence-corrected chi connectivity index (χ1v) is 9.98. The molecule has 1 heterocycles. The van der Waals surface area contributed by atoms with Gasteiger partial charge in [0, 0.05) is 35.3 Å². The second kappa shape index (κ2) is 8.29. The van der Waals surface area contributed by atoms with Crippen molar-refractivity contribution in [3.8, 4) is 5.75 Å². The Bertz CT molecular complexity index is 874. The largest absolute Gasteiger partial charge is 0.496 e. The molecule has 0 spiro atoms. The molecule has 6 heteroatoms. The molecular weight excluding hydrogens is 455 g/mol. The van der Waals surface area contributed by atoms with Crippen molar-refractivity contribution in [3.63, 3.8) is 0 Å². The van der Waals surface area contributed by atoms with E-state index in [0.717, 1.165) is 20.3 Å². The van der Waals surface area contributed by atoms with E-state index in [0.29, 0.717) is 37.5 Å². The van der Waals surface area contributed by atoms with E-state index in [2.05, 4.69) is 22.6 Å². The molecule has 2 amide bonds. The van der Waals surface area contributed by atoms with Crippen LogP contribution in [0.3, 0.4) is 0 Å². The van der Waals surface area contributed by atoms with Gasteiger partial charge in [-0.25, -0.2) is 0 Å². The van der Waals surface area contributed by atoms with Crippen LogP contribution in [0.15, 0.2) is 36.4 Å². The second-order valence-electron chi connectivity index (χ2n) is 6.71. The standard InChI is InChI=1S/C21H23IN2O3/c1-14-7-8-16(13-18(14)27-3)20(25)23-9-11-24(12-10-23)21(26)17-6-4-5-15(2)19(17)22/h4-8,13H,9-12H2,1-3H3. The zero-order valence-electron chi connectivity index (χ0n) is 15.8. The normalized spacial score (nSPS) is 14.2. The molecule has 0 bridgehead atoms. The van der Waals surface area contributed by atoms with Gasteiger partial charge >= 0.3 is 0 Å². The summed E-state index contributed by atoms with van der Waals surface area (Å²) in [5.41, 5.74) is 3.45. The highest BCUT2D eigenvalue weighted by atomic mass is 127. The molecule has 0 radical (unpaired) electrons. The molecule has 2 aromatic carbocycles. The van der Waals surface area contributed by atoms with Gasteiger partial charge in [0.05, 0.1) is 12.7 Å². The Morgan fingerprint density at radius 3 is 2.19 bits per heavy atom. The van der Waals surface area contributed by atoms with E-state index in [1.54, 1.807) is 18.1 Å². The SMILES string of the molecule is COc1cc(C(=O)N2CCN(C(=O)c3cccc(C)c3I)CC2)ccc1C. The van der Waals surface area contributed by atoms with Gasteiger partial charge in [0.2, 0.25) is 0 Å². The van der Waals surface area contributed by atoms with Gasteiger partial charge in [0.15, 0.2) is 0 Å². The molecule has 0 atom stereocenters. The van der Waals surface area contributed by atoms with Crippen molar-refractivity contribution >= 4 is 34.4 Å². The number of methoxy groups -OCH3 is 1. The number of ether oxygens (including phenoxy) is 1. The van der Waals surface area contributed by atoms with Crippen molar-refractivity contribution in [1.82, 2.24) is 9.80 Å². The second-order valence-corrected chi connectivity index (χ2v) is 7.78. The maximum atomic E-state index is 12.8. The van der Waals surface area contributed by atoms with Crippen molar-refractivity contribution in [2.24, 2.45) is 0 Å². The topological polar surface area (TPSA) is 49.9 Å². The molecule has 0 N–H and O–H groups in total. The van der Waals surface area contributed by atoms with Crippen LogP contribution in [0.2, 0.25) is 0 Å². The van der Waals surface area contributed by atoms with Gasteiger partial charge in [0.25, 0.3) is 11.8 Å². The van der Waals surface area contributed by atoms with Crippen LogP contribution >= 0.6 is 22.6 Å². The minimum Gasteiger partial charge on any atom is -0.496 e. The average Bonchev–Trinajstić information content (AvgIpc) is 2.69. The van der Waals surface area contributed by atoms with Crippen LogP contribution in [0, 0.1) is 17.4 Å². The van der Waals surface area contributed by atoms with Crippen molar-refractivity contribution in [2.45, 2.75) is 13.8 Å². The fraction of sp³-hybridized carbons (Fsp3) is 0.333. The number of hydrogen-bond acceptors (Lipinski definition) is 3. The number of amides is 2. The number of nitrogens with zero attached hydrogens (tertiary/aromatic N) is 2. The quantitative estimate of drug-likeness (QED) is 0.635. The Hall–Kier alpha value is -2.09. The summed E-state index contributed by atoms with van der Waals surface area (Å²) in [4.78, 5) is 29.3. The van der Waals surface area contributed by atoms with E-state index in [-0.39, 0.29) is 11.8 Å². The summed E-state index contributed by atoms with van der Waals surface area (Å²) in [6.07, 6.45) is 0. The van der Waals surface area contributed by atoms with Crippen molar-refractivity contribution in [1.29, 1.82) is 0 Å². The smallest absolute Gasteiger partial charge is 0.255 e. The molecule has 1 aliphatic rings. The van der Waals surface area contributed by atoms with Gasteiger partial charge < -0.3 is 14.5 Å². The van der Waals surface area contributed by atoms with E-state index in [4.69, 9.17) is 4.74 Å². The van der Waals surface area contributed by atoms with Crippen LogP contribution in [-0.2, 0) is 0 Å². The van der Waals surface area contributed by atoms with Gasteiger partial charge in [-0.15, -0.1) is 0 Å². The molecule has 0 saturated carbocycles. The van der Waals surface area contributed by atoms with Gasteiger partial charge in [-0.2, -0.15) is 0 Å². The molecule has 0 aromatic heterocycles.